The van der Waals surface area contributed by atoms with Crippen molar-refractivity contribution in [3.05, 3.63) is 118 Å². The highest BCUT2D eigenvalue weighted by Crippen LogP contribution is 2.28. The van der Waals surface area contributed by atoms with E-state index in [1.807, 2.05) is 50.3 Å². The summed E-state index contributed by atoms with van der Waals surface area (Å²) in [5, 5.41) is 13.2. The van der Waals surface area contributed by atoms with Gasteiger partial charge < -0.3 is 20.1 Å². The molecule has 2 aromatic carbocycles. The Balaban J connectivity index is 1.48. The molecule has 0 saturated carbocycles. The van der Waals surface area contributed by atoms with Crippen LogP contribution in [0.2, 0.25) is 0 Å². The van der Waals surface area contributed by atoms with Crippen molar-refractivity contribution >= 4 is 17.2 Å². The lowest BCUT2D eigenvalue weighted by Gasteiger charge is -2.27. The van der Waals surface area contributed by atoms with Gasteiger partial charge in [-0.2, -0.15) is 0 Å². The van der Waals surface area contributed by atoms with Crippen LogP contribution in [-0.2, 0) is 17.8 Å². The lowest BCUT2D eigenvalue weighted by molar-refractivity contribution is -0.111. The number of nitrogens with zero attached hydrogens (tertiary/aromatic N) is 2. The van der Waals surface area contributed by atoms with Crippen molar-refractivity contribution in [2.45, 2.75) is 40.3 Å². The number of rotatable bonds is 11. The molecule has 1 atom stereocenters. The molecule has 1 fully saturated rings. The Bertz CT molecular complexity index is 1640. The molecule has 10 heteroatoms. The molecule has 2 heterocycles. The van der Waals surface area contributed by atoms with Crippen LogP contribution in [0.1, 0.15) is 48.2 Å². The number of anilines is 2. The molecular formula is C36H41F3N5O2+. The van der Waals surface area contributed by atoms with E-state index in [0.29, 0.717) is 60.5 Å². The number of morpholine rings is 1. The molecule has 242 valence electrons. The van der Waals surface area contributed by atoms with E-state index < -0.39 is 11.6 Å². The van der Waals surface area contributed by atoms with Gasteiger partial charge in [-0.05, 0) is 67.7 Å². The van der Waals surface area contributed by atoms with Gasteiger partial charge in [0.25, 0.3) is 0 Å². The second kappa shape index (κ2) is 15.2. The molecule has 3 aromatic rings. The molecule has 2 aliphatic rings. The lowest BCUT2D eigenvalue weighted by atomic mass is 9.98. The van der Waals surface area contributed by atoms with Crippen LogP contribution in [0.25, 0.3) is 0 Å². The van der Waals surface area contributed by atoms with Crippen LogP contribution < -0.4 is 20.8 Å². The summed E-state index contributed by atoms with van der Waals surface area (Å²) in [6.07, 6.45) is 7.91. The SMILES string of the molecule is CCOc1cc(F)c(CNc2ccccc2C(=[NH2+])c2nc(NC3=C/C=C/CC(C)/C=C\3F)cc(CN3CCOCC3)c2C)c(F)c1. The maximum Gasteiger partial charge on any atom is 0.232 e. The largest absolute Gasteiger partial charge is 0.494 e. The molecule has 0 amide bonds. The van der Waals surface area contributed by atoms with E-state index in [-0.39, 0.29) is 29.6 Å². The number of aromatic nitrogens is 1. The summed E-state index contributed by atoms with van der Waals surface area (Å²) in [7, 11) is 0. The molecule has 0 bridgehead atoms. The van der Waals surface area contributed by atoms with Crippen molar-refractivity contribution in [3.63, 3.8) is 0 Å². The highest BCUT2D eigenvalue weighted by molar-refractivity contribution is 6.12. The molecule has 0 radical (unpaired) electrons. The van der Waals surface area contributed by atoms with Gasteiger partial charge in [0.1, 0.15) is 34.7 Å². The molecule has 1 saturated heterocycles. The Morgan fingerprint density at radius 2 is 1.85 bits per heavy atom. The summed E-state index contributed by atoms with van der Waals surface area (Å²) < 4.78 is 55.7. The Labute approximate surface area is 268 Å². The highest BCUT2D eigenvalue weighted by atomic mass is 19.1. The van der Waals surface area contributed by atoms with Crippen molar-refractivity contribution in [3.8, 4) is 5.75 Å². The summed E-state index contributed by atoms with van der Waals surface area (Å²) in [5.41, 5.74) is 4.16. The number of hydrogen-bond acceptors (Lipinski definition) is 6. The molecule has 4 N–H and O–H groups in total. The summed E-state index contributed by atoms with van der Waals surface area (Å²) in [4.78, 5) is 7.18. The van der Waals surface area contributed by atoms with Crippen molar-refractivity contribution < 1.29 is 28.1 Å². The van der Waals surface area contributed by atoms with Crippen LogP contribution in [0.15, 0.2) is 78.3 Å². The highest BCUT2D eigenvalue weighted by Gasteiger charge is 2.24. The Morgan fingerprint density at radius 3 is 2.59 bits per heavy atom. The van der Waals surface area contributed by atoms with Gasteiger partial charge in [-0.15, -0.1) is 0 Å². The smallest absolute Gasteiger partial charge is 0.232 e. The number of nitrogens with one attached hydrogen (secondary N) is 2. The third kappa shape index (κ3) is 8.05. The van der Waals surface area contributed by atoms with Crippen LogP contribution in [0, 0.1) is 24.5 Å². The third-order valence-electron chi connectivity index (χ3n) is 8.09. The molecule has 1 unspecified atom stereocenters. The minimum Gasteiger partial charge on any atom is -0.494 e. The number of para-hydroxylation sites is 1. The van der Waals surface area contributed by atoms with Crippen LogP contribution in [0.5, 0.6) is 5.75 Å². The number of hydrogen-bond donors (Lipinski definition) is 3. The van der Waals surface area contributed by atoms with Crippen molar-refractivity contribution in [2.75, 3.05) is 43.5 Å². The van der Waals surface area contributed by atoms with Gasteiger partial charge in [0.05, 0.1) is 31.1 Å². The standard InChI is InChI=1S/C36H40F3N5O2/c1-4-46-26-19-29(37)28(30(38)20-26)21-41-32-11-8-6-10-27(32)35(40)36-24(3)25(22-44-13-15-45-16-14-44)18-34(43-36)42-33-12-7-5-9-23(2)17-31(33)39/h5-8,10-12,17-20,23,40-41H,4,9,13-16,21-22H2,1-3H3,(H,42,43)/p+1/b7-5+,31-17+,33-12+,40-35?. The normalized spacial score (nSPS) is 20.0. The first-order valence-corrected chi connectivity index (χ1v) is 15.6. The molecule has 7 nitrogen and oxygen atoms in total. The molecule has 46 heavy (non-hydrogen) atoms. The molecule has 1 aliphatic carbocycles. The number of halogens is 3. The zero-order valence-electron chi connectivity index (χ0n) is 26.5. The fourth-order valence-corrected chi connectivity index (χ4v) is 5.52. The number of benzene rings is 2. The van der Waals surface area contributed by atoms with E-state index in [9.17, 15) is 8.78 Å². The van der Waals surface area contributed by atoms with E-state index in [1.54, 1.807) is 25.1 Å². The molecule has 5 rings (SSSR count). The quantitative estimate of drug-likeness (QED) is 0.230. The maximum absolute atomic E-state index is 15.2. The Hall–Kier alpha value is -4.41. The Morgan fingerprint density at radius 1 is 1.11 bits per heavy atom. The van der Waals surface area contributed by atoms with E-state index in [1.165, 1.54) is 12.1 Å². The van der Waals surface area contributed by atoms with Gasteiger partial charge >= 0.3 is 0 Å². The monoisotopic (exact) mass is 632 g/mol. The second-order valence-electron chi connectivity index (χ2n) is 11.5. The van der Waals surface area contributed by atoms with E-state index in [0.717, 1.165) is 30.6 Å². The minimum absolute atomic E-state index is 0.0534. The van der Waals surface area contributed by atoms with E-state index >= 15 is 4.39 Å². The average Bonchev–Trinajstić information content (AvgIpc) is 3.03. The predicted octanol–water partition coefficient (Wildman–Crippen LogP) is 5.85. The van der Waals surface area contributed by atoms with Crippen molar-refractivity contribution in [1.29, 1.82) is 0 Å². The van der Waals surface area contributed by atoms with Crippen LogP contribution >= 0.6 is 0 Å². The van der Waals surface area contributed by atoms with Gasteiger partial charge in [0.2, 0.25) is 5.71 Å². The van der Waals surface area contributed by atoms with Gasteiger partial charge in [0, 0.05) is 49.6 Å². The van der Waals surface area contributed by atoms with Crippen LogP contribution in [0.3, 0.4) is 0 Å². The average molecular weight is 633 g/mol. The number of ether oxygens (including phenoxy) is 2. The number of pyridine rings is 1. The summed E-state index contributed by atoms with van der Waals surface area (Å²) in [5.74, 6) is -1.12. The Kier molecular flexibility index (Phi) is 10.9. The fourth-order valence-electron chi connectivity index (χ4n) is 5.52. The fraction of sp³-hybridized carbons (Fsp3) is 0.333. The van der Waals surface area contributed by atoms with Crippen LogP contribution in [0.4, 0.5) is 24.7 Å². The molecule has 1 aliphatic heterocycles. The van der Waals surface area contributed by atoms with Crippen molar-refractivity contribution in [1.82, 2.24) is 9.88 Å². The predicted molar refractivity (Wildman–Crippen MR) is 175 cm³/mol. The first-order chi connectivity index (χ1) is 22.2. The number of allylic oxidation sites excluding steroid dienone is 5. The molecule has 1 aromatic heterocycles. The molecular weight excluding hydrogens is 591 g/mol. The first kappa shape index (κ1) is 33.0. The van der Waals surface area contributed by atoms with E-state index in [4.69, 9.17) is 19.9 Å². The topological polar surface area (TPSA) is 84.2 Å². The minimum atomic E-state index is -0.705. The zero-order chi connectivity index (χ0) is 32.6. The summed E-state index contributed by atoms with van der Waals surface area (Å²) in [6.45, 7) is 9.39. The zero-order valence-corrected chi connectivity index (χ0v) is 26.5. The van der Waals surface area contributed by atoms with Gasteiger partial charge in [-0.1, -0.05) is 31.2 Å². The first-order valence-electron chi connectivity index (χ1n) is 15.6. The van der Waals surface area contributed by atoms with Crippen molar-refractivity contribution in [2.24, 2.45) is 5.92 Å². The number of nitrogens with two attached hydrogens (primary N) is 1. The second-order valence-corrected chi connectivity index (χ2v) is 11.5. The van der Waals surface area contributed by atoms with Gasteiger partial charge in [-0.3, -0.25) is 10.3 Å². The van der Waals surface area contributed by atoms with E-state index in [2.05, 4.69) is 15.5 Å². The summed E-state index contributed by atoms with van der Waals surface area (Å²) in [6, 6.07) is 11.6. The third-order valence-corrected chi connectivity index (χ3v) is 8.09. The van der Waals surface area contributed by atoms with Crippen LogP contribution in [-0.4, -0.2) is 48.5 Å². The summed E-state index contributed by atoms with van der Waals surface area (Å²) >= 11 is 0. The molecule has 0 spiro atoms. The lowest BCUT2D eigenvalue weighted by Crippen LogP contribution is -2.43. The van der Waals surface area contributed by atoms with Gasteiger partial charge in [0.15, 0.2) is 0 Å². The maximum atomic E-state index is 15.2. The van der Waals surface area contributed by atoms with Gasteiger partial charge in [-0.25, -0.2) is 18.2 Å².